The van der Waals surface area contributed by atoms with Crippen LogP contribution in [0.3, 0.4) is 0 Å². The average Bonchev–Trinajstić information content (AvgIpc) is 3.15. The van der Waals surface area contributed by atoms with E-state index in [0.717, 1.165) is 24.2 Å². The van der Waals surface area contributed by atoms with E-state index in [-0.39, 0.29) is 5.41 Å². The van der Waals surface area contributed by atoms with E-state index in [4.69, 9.17) is 4.43 Å². The Kier molecular flexibility index (Phi) is 14.9. The molecule has 4 fully saturated rings. The normalized spacial score (nSPS) is 21.3. The van der Waals surface area contributed by atoms with Gasteiger partial charge >= 0.3 is 0 Å². The van der Waals surface area contributed by atoms with E-state index < -0.39 is 30.6 Å². The fourth-order valence-corrected chi connectivity index (χ4v) is 54.2. The quantitative estimate of drug-likeness (QED) is 0.0595. The summed E-state index contributed by atoms with van der Waals surface area (Å²) in [7, 11) is -8.50. The molecule has 0 radical (unpaired) electrons. The van der Waals surface area contributed by atoms with E-state index in [2.05, 4.69) is 214 Å². The van der Waals surface area contributed by atoms with Crippen LogP contribution in [0.5, 0.6) is 0 Å². The number of hydrogen-bond donors (Lipinski definition) is 0. The highest BCUT2D eigenvalue weighted by Crippen LogP contribution is 2.64. The van der Waals surface area contributed by atoms with Crippen molar-refractivity contribution in [2.45, 2.75) is 187 Å². The molecular formula is C64H90OSi4. The van der Waals surface area contributed by atoms with E-state index in [0.29, 0.717) is 0 Å². The van der Waals surface area contributed by atoms with Crippen LogP contribution in [0.1, 0.15) is 134 Å². The summed E-state index contributed by atoms with van der Waals surface area (Å²) in [5, 5.41) is 0. The first-order valence-corrected chi connectivity index (χ1v) is 41.1. The van der Waals surface area contributed by atoms with Crippen LogP contribution in [0, 0.1) is 118 Å². The SMILES string of the molecule is Cc1cc(C)c(C#C[Si](/C=C(\C/C(=C\C(=C(\O[Si](C)(C)C)C23CC4CC(CC(C4)C2)C3)c2c(C)cc(C)cc2C)c2c(C)cc(C)cc2C)c2c(C)cc(C)cc2C)([Si](C)(C)C)[Si](C)(C)C)c(C)c1. The first-order chi connectivity index (χ1) is 31.9. The van der Waals surface area contributed by atoms with Crippen molar-refractivity contribution in [3.05, 3.63) is 155 Å². The molecule has 8 rings (SSSR count). The average molecular weight is 988 g/mol. The maximum atomic E-state index is 7.87. The van der Waals surface area contributed by atoms with Gasteiger partial charge in [0.25, 0.3) is 0 Å². The minimum atomic E-state index is -2.48. The summed E-state index contributed by atoms with van der Waals surface area (Å²) in [5.74, 6) is 7.79. The molecule has 69 heavy (non-hydrogen) atoms. The molecule has 0 spiro atoms. The Morgan fingerprint density at radius 3 is 1.22 bits per heavy atom. The van der Waals surface area contributed by atoms with Gasteiger partial charge in [-0.15, -0.1) is 5.54 Å². The summed E-state index contributed by atoms with van der Waals surface area (Å²) in [6, 6.07) is 19.3. The van der Waals surface area contributed by atoms with Crippen LogP contribution >= 0.6 is 0 Å². The lowest BCUT2D eigenvalue weighted by atomic mass is 9.48. The summed E-state index contributed by atoms with van der Waals surface area (Å²) in [6.07, 6.45) is 11.6. The van der Waals surface area contributed by atoms with E-state index in [1.54, 1.807) is 0 Å². The fraction of sp³-hybridized carbons (Fsp3) is 0.500. The summed E-state index contributed by atoms with van der Waals surface area (Å²) in [4.78, 5) is 0. The molecule has 1 nitrogen and oxygen atoms in total. The Balaban J connectivity index is 1.66. The summed E-state index contributed by atoms with van der Waals surface area (Å²) >= 11 is 0. The number of benzene rings is 4. The van der Waals surface area contributed by atoms with Gasteiger partial charge in [0.15, 0.2) is 0 Å². The zero-order valence-electron chi connectivity index (χ0n) is 47.4. The number of aryl methyl sites for hydroxylation is 12. The first-order valence-electron chi connectivity index (χ1n) is 26.6. The minimum Gasteiger partial charge on any atom is -0.546 e. The Morgan fingerprint density at radius 2 is 0.855 bits per heavy atom. The topological polar surface area (TPSA) is 9.23 Å². The van der Waals surface area contributed by atoms with Crippen LogP contribution in [0.25, 0.3) is 16.7 Å². The molecular weight excluding hydrogens is 897 g/mol. The highest BCUT2D eigenvalue weighted by Gasteiger charge is 2.55. The van der Waals surface area contributed by atoms with Crippen molar-refractivity contribution in [3.8, 4) is 11.5 Å². The number of rotatable bonds is 12. The number of allylic oxidation sites excluding steroid dienone is 5. The van der Waals surface area contributed by atoms with Crippen LogP contribution in [0.4, 0.5) is 0 Å². The standard InChI is InChI=1S/C64H90OSi4/c1-41-24-45(5)58(46(6)25-41)22-23-69(67(16,17)18,68(19,20)21)40-57(61-49(9)28-43(3)29-50(61)10)35-56(60-47(7)26-42(2)27-48(60)8)36-59(62-51(11)30-44(4)31-52(62)12)63(65-66(13,14)15)64-37-53-32-54(38-64)34-55(33-53)39-64/h24-31,36,40,53-55H,32-35,37-39H2,1-21H3/b56-36+,57-40+,63-59-. The highest BCUT2D eigenvalue weighted by atomic mass is 29.6. The van der Waals surface area contributed by atoms with E-state index in [1.165, 1.54) is 150 Å². The van der Waals surface area contributed by atoms with Gasteiger partial charge in [-0.1, -0.05) is 122 Å². The van der Waals surface area contributed by atoms with Gasteiger partial charge in [-0.3, -0.25) is 0 Å². The second kappa shape index (κ2) is 19.4. The van der Waals surface area contributed by atoms with Gasteiger partial charge in [-0.05, 0) is 244 Å². The zero-order chi connectivity index (χ0) is 50.9. The van der Waals surface area contributed by atoms with E-state index in [9.17, 15) is 0 Å². The molecule has 4 aromatic carbocycles. The van der Waals surface area contributed by atoms with Gasteiger partial charge in [0.1, 0.15) is 7.11 Å². The summed E-state index contributed by atoms with van der Waals surface area (Å²) in [5.41, 5.74) is 33.2. The zero-order valence-corrected chi connectivity index (χ0v) is 51.4. The van der Waals surface area contributed by atoms with Crippen molar-refractivity contribution < 1.29 is 4.43 Å². The van der Waals surface area contributed by atoms with Gasteiger partial charge in [-0.25, -0.2) is 0 Å². The second-order valence-corrected chi connectivity index (χ2v) is 57.1. The molecule has 0 amide bonds. The largest absolute Gasteiger partial charge is 0.546 e. The van der Waals surface area contributed by atoms with E-state index in [1.807, 2.05) is 0 Å². The van der Waals surface area contributed by atoms with Crippen molar-refractivity contribution in [1.82, 2.24) is 0 Å². The molecule has 4 aliphatic rings. The first kappa shape index (κ1) is 53.1. The third-order valence-electron chi connectivity index (χ3n) is 16.6. The fourth-order valence-electron chi connectivity index (χ4n) is 14.9. The Bertz CT molecular complexity index is 2690. The lowest BCUT2D eigenvalue weighted by Gasteiger charge is -2.58. The van der Waals surface area contributed by atoms with Gasteiger partial charge in [-0.2, -0.15) is 0 Å². The lowest BCUT2D eigenvalue weighted by molar-refractivity contribution is -0.0477. The molecule has 4 saturated carbocycles. The van der Waals surface area contributed by atoms with Crippen LogP contribution in [0.2, 0.25) is 58.9 Å². The Morgan fingerprint density at radius 1 is 0.507 bits per heavy atom. The molecule has 0 aliphatic heterocycles. The van der Waals surface area contributed by atoms with Gasteiger partial charge in [0.05, 0.1) is 20.9 Å². The van der Waals surface area contributed by atoms with Crippen molar-refractivity contribution in [2.24, 2.45) is 23.2 Å². The van der Waals surface area contributed by atoms with Crippen molar-refractivity contribution in [2.75, 3.05) is 0 Å². The van der Waals surface area contributed by atoms with E-state index >= 15 is 0 Å². The van der Waals surface area contributed by atoms with Crippen LogP contribution in [0.15, 0.2) is 66.1 Å². The number of hydrogen-bond acceptors (Lipinski definition) is 1. The molecule has 0 unspecified atom stereocenters. The van der Waals surface area contributed by atoms with Gasteiger partial charge in [0.2, 0.25) is 8.32 Å². The monoisotopic (exact) mass is 987 g/mol. The Labute approximate surface area is 425 Å². The lowest BCUT2D eigenvalue weighted by Crippen LogP contribution is -2.70. The van der Waals surface area contributed by atoms with Crippen molar-refractivity contribution in [3.63, 3.8) is 0 Å². The van der Waals surface area contributed by atoms with Crippen LogP contribution < -0.4 is 0 Å². The molecule has 0 saturated heterocycles. The molecule has 5 heteroatoms. The highest BCUT2D eigenvalue weighted by molar-refractivity contribution is 7.73. The molecule has 368 valence electrons. The van der Waals surface area contributed by atoms with Crippen LogP contribution in [-0.2, 0) is 4.43 Å². The third-order valence-corrected chi connectivity index (χ3v) is 52.8. The van der Waals surface area contributed by atoms with Crippen molar-refractivity contribution >= 4 is 47.3 Å². The Hall–Kier alpha value is -3.67. The molecule has 4 bridgehead atoms. The molecule has 0 heterocycles. The van der Waals surface area contributed by atoms with Gasteiger partial charge in [0, 0.05) is 16.6 Å². The van der Waals surface area contributed by atoms with Crippen molar-refractivity contribution in [1.29, 1.82) is 0 Å². The maximum Gasteiger partial charge on any atom is 0.241 e. The molecule has 0 N–H and O–H groups in total. The smallest absolute Gasteiger partial charge is 0.241 e. The van der Waals surface area contributed by atoms with Crippen LogP contribution in [-0.4, -0.2) is 30.6 Å². The predicted octanol–water partition coefficient (Wildman–Crippen LogP) is 18.1. The molecule has 0 atom stereocenters. The third kappa shape index (κ3) is 10.9. The summed E-state index contributed by atoms with van der Waals surface area (Å²) in [6.45, 7) is 51.1. The summed E-state index contributed by atoms with van der Waals surface area (Å²) < 4.78 is 7.87. The second-order valence-electron chi connectivity index (χ2n) is 26.3. The minimum absolute atomic E-state index is 0.0650. The maximum absolute atomic E-state index is 7.87. The van der Waals surface area contributed by atoms with Gasteiger partial charge < -0.3 is 4.43 Å². The molecule has 4 aromatic rings. The predicted molar refractivity (Wildman–Crippen MR) is 314 cm³/mol. The molecule has 4 aliphatic carbocycles. The molecule has 0 aromatic heterocycles.